The third kappa shape index (κ3) is 46.6. The van der Waals surface area contributed by atoms with Crippen molar-refractivity contribution in [3.63, 3.8) is 0 Å². The van der Waals surface area contributed by atoms with Crippen molar-refractivity contribution in [1.82, 2.24) is 0 Å². The zero-order chi connectivity index (χ0) is 3.58. The number of hydrogen-bond donors (Lipinski definition) is 0. The normalized spacial score (nSPS) is 5.20. The van der Waals surface area contributed by atoms with E-state index in [9.17, 15) is 0 Å². The molecule has 0 N–H and O–H groups in total. The molecule has 5 heavy (non-hydrogen) atoms. The van der Waals surface area contributed by atoms with Crippen LogP contribution >= 0.6 is 41.4 Å². The lowest BCUT2D eigenvalue weighted by atomic mass is 16.0. The monoisotopic (exact) mass is 153 g/mol. The van der Waals surface area contributed by atoms with Gasteiger partial charge in [0.05, 0.1) is 0 Å². The Hall–Kier alpha value is 0.970. The van der Waals surface area contributed by atoms with Crippen molar-refractivity contribution in [3.05, 3.63) is 0 Å². The first kappa shape index (κ1) is 9.36. The minimum atomic E-state index is -1.93. The third-order valence-corrected chi connectivity index (χ3v) is 0. The fourth-order valence-corrected chi connectivity index (χ4v) is 0. The SMILES string of the molecule is Cl.O=[P+](Cl)Cl. The fourth-order valence-electron chi connectivity index (χ4n) is 0. The molecular weight excluding hydrogens is 153 g/mol. The summed E-state index contributed by atoms with van der Waals surface area (Å²) in [5.41, 5.74) is 0. The molecule has 32 valence electrons. The summed E-state index contributed by atoms with van der Waals surface area (Å²) in [6, 6.07) is 0. The first-order valence-electron chi connectivity index (χ1n) is 0.521. The van der Waals surface area contributed by atoms with Crippen LogP contribution in [0.1, 0.15) is 0 Å². The minimum Gasteiger partial charge on any atom is -0.147 e. The van der Waals surface area contributed by atoms with Crippen molar-refractivity contribution in [2.24, 2.45) is 0 Å². The number of hydrogen-bond acceptors (Lipinski definition) is 1. The highest BCUT2D eigenvalue weighted by molar-refractivity contribution is 7.95. The van der Waals surface area contributed by atoms with Gasteiger partial charge in [0.25, 0.3) is 0 Å². The second kappa shape index (κ2) is 4.97. The van der Waals surface area contributed by atoms with Crippen molar-refractivity contribution in [3.8, 4) is 0 Å². The molecule has 0 saturated heterocycles. The van der Waals surface area contributed by atoms with Gasteiger partial charge in [0.2, 0.25) is 22.5 Å². The van der Waals surface area contributed by atoms with E-state index in [0.29, 0.717) is 0 Å². The van der Waals surface area contributed by atoms with Crippen LogP contribution in [-0.2, 0) is 4.57 Å². The highest BCUT2D eigenvalue weighted by Crippen LogP contribution is 2.31. The Morgan fingerprint density at radius 1 is 1.40 bits per heavy atom. The average molecular weight is 154 g/mol. The molecule has 0 radical (unpaired) electrons. The lowest BCUT2D eigenvalue weighted by Gasteiger charge is -1.22. The van der Waals surface area contributed by atoms with Crippen LogP contribution in [0.4, 0.5) is 0 Å². The molecular formula is HCl3OP+. The molecule has 0 aliphatic heterocycles. The maximum atomic E-state index is 9.12. The molecule has 0 saturated carbocycles. The van der Waals surface area contributed by atoms with Crippen LogP contribution in [0.3, 0.4) is 0 Å². The second-order valence-corrected chi connectivity index (χ2v) is 2.97. The highest BCUT2D eigenvalue weighted by atomic mass is 35.9. The van der Waals surface area contributed by atoms with Crippen molar-refractivity contribution < 1.29 is 4.57 Å². The van der Waals surface area contributed by atoms with Crippen molar-refractivity contribution in [2.45, 2.75) is 0 Å². The summed E-state index contributed by atoms with van der Waals surface area (Å²) < 4.78 is 9.12. The Kier molecular flexibility index (Phi) is 9.30. The van der Waals surface area contributed by atoms with Crippen LogP contribution in [0, 0.1) is 0 Å². The van der Waals surface area contributed by atoms with Crippen LogP contribution in [-0.4, -0.2) is 0 Å². The first-order valence-corrected chi connectivity index (χ1v) is 3.59. The standard InChI is InChI=1S/Cl2OP.ClH/c1-4(2)3;/h;1H/q+1;. The van der Waals surface area contributed by atoms with E-state index >= 15 is 0 Å². The largest absolute Gasteiger partial charge is 0.575 e. The summed E-state index contributed by atoms with van der Waals surface area (Å²) in [5.74, 6) is 0. The predicted octanol–water partition coefficient (Wildman–Crippen LogP) is 2.54. The lowest BCUT2D eigenvalue weighted by Crippen LogP contribution is -0.953. The van der Waals surface area contributed by atoms with Crippen LogP contribution in [0.2, 0.25) is 0 Å². The molecule has 0 heterocycles. The molecule has 0 spiro atoms. The number of rotatable bonds is 0. The van der Waals surface area contributed by atoms with Crippen LogP contribution in [0.25, 0.3) is 0 Å². The van der Waals surface area contributed by atoms with Gasteiger partial charge in [-0.15, -0.1) is 12.4 Å². The predicted molar refractivity (Wildman–Crippen MR) is 26.6 cm³/mol. The summed E-state index contributed by atoms with van der Waals surface area (Å²) >= 11 is 9.10. The quantitative estimate of drug-likeness (QED) is 0.490. The molecule has 1 nitrogen and oxygen atoms in total. The molecule has 0 aromatic heterocycles. The Balaban J connectivity index is 0. The van der Waals surface area contributed by atoms with Crippen molar-refractivity contribution in [2.75, 3.05) is 0 Å². The maximum absolute atomic E-state index is 9.12. The van der Waals surface area contributed by atoms with Crippen LogP contribution < -0.4 is 0 Å². The molecule has 0 fully saturated rings. The summed E-state index contributed by atoms with van der Waals surface area (Å²) in [7, 11) is 0. The van der Waals surface area contributed by atoms with Crippen molar-refractivity contribution in [1.29, 1.82) is 0 Å². The van der Waals surface area contributed by atoms with Gasteiger partial charge in [0.1, 0.15) is 0 Å². The lowest BCUT2D eigenvalue weighted by molar-refractivity contribution is 0.602. The van der Waals surface area contributed by atoms with Gasteiger partial charge in [-0.3, -0.25) is 0 Å². The van der Waals surface area contributed by atoms with E-state index in [4.69, 9.17) is 4.57 Å². The molecule has 0 rings (SSSR count). The molecule has 0 amide bonds. The van der Waals surface area contributed by atoms with Gasteiger partial charge >= 0.3 is 6.51 Å². The molecule has 0 aliphatic rings. The van der Waals surface area contributed by atoms with Gasteiger partial charge in [0, 0.05) is 0 Å². The molecule has 0 unspecified atom stereocenters. The van der Waals surface area contributed by atoms with Gasteiger partial charge in [-0.2, -0.15) is 0 Å². The molecule has 0 bridgehead atoms. The summed E-state index contributed by atoms with van der Waals surface area (Å²) in [6.45, 7) is -1.93. The van der Waals surface area contributed by atoms with Crippen LogP contribution in [0.15, 0.2) is 0 Å². The fraction of sp³-hybridized carbons (Fsp3) is 0. The molecule has 0 aliphatic carbocycles. The summed E-state index contributed by atoms with van der Waals surface area (Å²) in [4.78, 5) is 0. The topological polar surface area (TPSA) is 17.1 Å². The van der Waals surface area contributed by atoms with E-state index in [1.165, 1.54) is 0 Å². The Morgan fingerprint density at radius 2 is 1.40 bits per heavy atom. The summed E-state index contributed by atoms with van der Waals surface area (Å²) in [5, 5.41) is 0. The number of halogens is 3. The Morgan fingerprint density at radius 3 is 1.40 bits per heavy atom. The van der Waals surface area contributed by atoms with E-state index in [1.807, 2.05) is 0 Å². The van der Waals surface area contributed by atoms with Gasteiger partial charge < -0.3 is 0 Å². The van der Waals surface area contributed by atoms with Crippen molar-refractivity contribution >= 4 is 41.4 Å². The molecule has 0 atom stereocenters. The smallest absolute Gasteiger partial charge is 0.147 e. The average Bonchev–Trinajstić information content (AvgIpc) is 0.811. The zero-order valence-electron chi connectivity index (χ0n) is 2.02. The Bertz CT molecular complexity index is 29.9. The zero-order valence-corrected chi connectivity index (χ0v) is 5.24. The maximum Gasteiger partial charge on any atom is 0.575 e. The van der Waals surface area contributed by atoms with Gasteiger partial charge in [-0.25, -0.2) is 0 Å². The van der Waals surface area contributed by atoms with Crippen LogP contribution in [0.5, 0.6) is 0 Å². The minimum absolute atomic E-state index is 0. The van der Waals surface area contributed by atoms with E-state index in [1.54, 1.807) is 0 Å². The van der Waals surface area contributed by atoms with E-state index in [2.05, 4.69) is 22.5 Å². The van der Waals surface area contributed by atoms with E-state index in [0.717, 1.165) is 0 Å². The van der Waals surface area contributed by atoms with E-state index < -0.39 is 6.51 Å². The summed E-state index contributed by atoms with van der Waals surface area (Å²) in [6.07, 6.45) is 0. The van der Waals surface area contributed by atoms with E-state index in [-0.39, 0.29) is 12.4 Å². The van der Waals surface area contributed by atoms with Gasteiger partial charge in [-0.05, 0) is 4.57 Å². The first-order chi connectivity index (χ1) is 1.73. The highest BCUT2D eigenvalue weighted by Gasteiger charge is 1.97. The Labute approximate surface area is 46.4 Å². The molecule has 5 heteroatoms. The van der Waals surface area contributed by atoms with Gasteiger partial charge in [0.15, 0.2) is 0 Å². The third-order valence-electron chi connectivity index (χ3n) is 0. The second-order valence-electron chi connectivity index (χ2n) is 0.202. The molecule has 0 aromatic carbocycles. The van der Waals surface area contributed by atoms with Gasteiger partial charge in [-0.1, -0.05) is 0 Å². The molecule has 0 aromatic rings.